The molecule has 106 valence electrons. The summed E-state index contributed by atoms with van der Waals surface area (Å²) < 4.78 is 5.55. The Morgan fingerprint density at radius 2 is 2.50 bits per heavy atom. The van der Waals surface area contributed by atoms with Crippen molar-refractivity contribution in [2.75, 3.05) is 26.3 Å². The number of carbonyl (C=O) groups excluding carboxylic acids is 1. The second-order valence-electron chi connectivity index (χ2n) is 4.67. The van der Waals surface area contributed by atoms with Gasteiger partial charge in [-0.1, -0.05) is 11.8 Å². The minimum atomic E-state index is -0.239. The smallest absolute Gasteiger partial charge is 0.255 e. The van der Waals surface area contributed by atoms with E-state index in [0.717, 1.165) is 6.42 Å². The summed E-state index contributed by atoms with van der Waals surface area (Å²) in [4.78, 5) is 18.4. The zero-order valence-electron chi connectivity index (χ0n) is 11.5. The zero-order chi connectivity index (χ0) is 14.4. The van der Waals surface area contributed by atoms with Crippen LogP contribution >= 0.6 is 0 Å². The van der Waals surface area contributed by atoms with E-state index in [1.165, 1.54) is 0 Å². The molecule has 1 fully saturated rings. The van der Waals surface area contributed by atoms with Crippen LogP contribution in [0, 0.1) is 11.8 Å². The van der Waals surface area contributed by atoms with Gasteiger partial charge in [0.05, 0.1) is 17.2 Å². The topological polar surface area (TPSA) is 62.7 Å². The van der Waals surface area contributed by atoms with Gasteiger partial charge in [0.2, 0.25) is 0 Å². The number of aliphatic hydroxyl groups excluding tert-OH is 1. The van der Waals surface area contributed by atoms with Gasteiger partial charge < -0.3 is 14.7 Å². The molecule has 1 N–H and O–H groups in total. The van der Waals surface area contributed by atoms with Gasteiger partial charge in [0.15, 0.2) is 0 Å². The fraction of sp³-hybridized carbons (Fsp3) is 0.467. The second-order valence-corrected chi connectivity index (χ2v) is 4.67. The summed E-state index contributed by atoms with van der Waals surface area (Å²) in [6.45, 7) is 3.66. The van der Waals surface area contributed by atoms with Crippen molar-refractivity contribution < 1.29 is 14.6 Å². The SMILES string of the molecule is CC1CN(C(=O)c2ccncc2C#CCO)CCCO1. The van der Waals surface area contributed by atoms with Gasteiger partial charge in [-0.25, -0.2) is 0 Å². The molecule has 0 radical (unpaired) electrons. The lowest BCUT2D eigenvalue weighted by Gasteiger charge is -2.22. The van der Waals surface area contributed by atoms with Crippen molar-refractivity contribution in [2.45, 2.75) is 19.4 Å². The Morgan fingerprint density at radius 1 is 1.65 bits per heavy atom. The normalized spacial score (nSPS) is 18.9. The first-order valence-corrected chi connectivity index (χ1v) is 6.67. The average Bonchev–Trinajstić information content (AvgIpc) is 2.69. The van der Waals surface area contributed by atoms with E-state index in [1.54, 1.807) is 23.4 Å². The number of ether oxygens (including phenoxy) is 1. The van der Waals surface area contributed by atoms with E-state index in [-0.39, 0.29) is 18.6 Å². The Bertz CT molecular complexity index is 533. The largest absolute Gasteiger partial charge is 0.384 e. The first-order chi connectivity index (χ1) is 9.72. The van der Waals surface area contributed by atoms with Gasteiger partial charge in [-0.05, 0) is 19.4 Å². The number of rotatable bonds is 1. The van der Waals surface area contributed by atoms with Crippen molar-refractivity contribution in [1.82, 2.24) is 9.88 Å². The molecule has 2 rings (SSSR count). The molecule has 0 spiro atoms. The number of aromatic nitrogens is 1. The predicted molar refractivity (Wildman–Crippen MR) is 74.1 cm³/mol. The van der Waals surface area contributed by atoms with E-state index in [9.17, 15) is 4.79 Å². The van der Waals surface area contributed by atoms with Crippen LogP contribution < -0.4 is 0 Å². The van der Waals surface area contributed by atoms with Crippen LogP contribution in [0.5, 0.6) is 0 Å². The van der Waals surface area contributed by atoms with Crippen molar-refractivity contribution in [3.05, 3.63) is 29.6 Å². The molecule has 0 bridgehead atoms. The standard InChI is InChI=1S/C15H18N2O3/c1-12-11-17(7-3-9-20-12)15(19)14-5-6-16-10-13(14)4-2-8-18/h5-6,10,12,18H,3,7-9,11H2,1H3. The van der Waals surface area contributed by atoms with Crippen molar-refractivity contribution in [3.8, 4) is 11.8 Å². The van der Waals surface area contributed by atoms with E-state index in [4.69, 9.17) is 9.84 Å². The maximum atomic E-state index is 12.6. The maximum Gasteiger partial charge on any atom is 0.255 e. The molecule has 2 heterocycles. The van der Waals surface area contributed by atoms with Gasteiger partial charge in [-0.15, -0.1) is 0 Å². The fourth-order valence-corrected chi connectivity index (χ4v) is 2.16. The van der Waals surface area contributed by atoms with Crippen LogP contribution in [-0.2, 0) is 4.74 Å². The zero-order valence-corrected chi connectivity index (χ0v) is 11.5. The molecule has 1 aromatic heterocycles. The molecule has 1 amide bonds. The number of hydrogen-bond donors (Lipinski definition) is 1. The second kappa shape index (κ2) is 7.04. The number of nitrogens with zero attached hydrogens (tertiary/aromatic N) is 2. The highest BCUT2D eigenvalue weighted by Gasteiger charge is 2.22. The Balaban J connectivity index is 2.23. The third kappa shape index (κ3) is 3.56. The van der Waals surface area contributed by atoms with E-state index in [0.29, 0.717) is 30.8 Å². The first kappa shape index (κ1) is 14.5. The van der Waals surface area contributed by atoms with E-state index in [2.05, 4.69) is 16.8 Å². The Hall–Kier alpha value is -1.90. The molecule has 0 saturated carbocycles. The molecule has 20 heavy (non-hydrogen) atoms. The highest BCUT2D eigenvalue weighted by Crippen LogP contribution is 2.13. The molecule has 0 aliphatic carbocycles. The molecule has 1 aliphatic heterocycles. The van der Waals surface area contributed by atoms with Crippen LogP contribution in [0.15, 0.2) is 18.5 Å². The molecule has 1 unspecified atom stereocenters. The van der Waals surface area contributed by atoms with Crippen LogP contribution in [0.3, 0.4) is 0 Å². The third-order valence-electron chi connectivity index (χ3n) is 3.09. The summed E-state index contributed by atoms with van der Waals surface area (Å²) in [6, 6.07) is 1.67. The average molecular weight is 274 g/mol. The predicted octanol–water partition coefficient (Wildman–Crippen LogP) is 0.676. The fourth-order valence-electron chi connectivity index (χ4n) is 2.16. The molecule has 0 aromatic carbocycles. The Labute approximate surface area is 118 Å². The summed E-state index contributed by atoms with van der Waals surface area (Å²) in [6.07, 6.45) is 4.00. The van der Waals surface area contributed by atoms with Crippen molar-refractivity contribution >= 4 is 5.91 Å². The molecule has 1 saturated heterocycles. The van der Waals surface area contributed by atoms with Gasteiger partial charge in [0.1, 0.15) is 6.61 Å². The minimum Gasteiger partial charge on any atom is -0.384 e. The van der Waals surface area contributed by atoms with Crippen molar-refractivity contribution in [2.24, 2.45) is 0 Å². The summed E-state index contributed by atoms with van der Waals surface area (Å²) >= 11 is 0. The molecule has 5 nitrogen and oxygen atoms in total. The number of aliphatic hydroxyl groups is 1. The Kier molecular flexibility index (Phi) is 5.10. The van der Waals surface area contributed by atoms with Crippen LogP contribution in [0.4, 0.5) is 0 Å². The maximum absolute atomic E-state index is 12.6. The molecule has 1 aliphatic rings. The summed E-state index contributed by atoms with van der Waals surface area (Å²) in [5.74, 6) is 5.26. The van der Waals surface area contributed by atoms with Gasteiger partial charge in [0.25, 0.3) is 5.91 Å². The molecular weight excluding hydrogens is 256 g/mol. The van der Waals surface area contributed by atoms with Crippen LogP contribution in [0.2, 0.25) is 0 Å². The lowest BCUT2D eigenvalue weighted by Crippen LogP contribution is -2.36. The number of amides is 1. The number of hydrogen-bond acceptors (Lipinski definition) is 4. The highest BCUT2D eigenvalue weighted by molar-refractivity contribution is 5.96. The molecule has 1 atom stereocenters. The van der Waals surface area contributed by atoms with Crippen molar-refractivity contribution in [3.63, 3.8) is 0 Å². The minimum absolute atomic E-state index is 0.0373. The van der Waals surface area contributed by atoms with E-state index >= 15 is 0 Å². The molecular formula is C15H18N2O3. The summed E-state index contributed by atoms with van der Waals surface area (Å²) in [5.41, 5.74) is 1.07. The molecule has 1 aromatic rings. The van der Waals surface area contributed by atoms with Crippen LogP contribution in [0.1, 0.15) is 29.3 Å². The lowest BCUT2D eigenvalue weighted by atomic mass is 10.1. The van der Waals surface area contributed by atoms with Gasteiger partial charge in [-0.3, -0.25) is 9.78 Å². The van der Waals surface area contributed by atoms with Gasteiger partial charge >= 0.3 is 0 Å². The van der Waals surface area contributed by atoms with Crippen molar-refractivity contribution in [1.29, 1.82) is 0 Å². The quantitative estimate of drug-likeness (QED) is 0.765. The van der Waals surface area contributed by atoms with Crippen LogP contribution in [0.25, 0.3) is 0 Å². The van der Waals surface area contributed by atoms with E-state index < -0.39 is 0 Å². The molecule has 5 heteroatoms. The van der Waals surface area contributed by atoms with Gasteiger partial charge in [0, 0.05) is 32.1 Å². The highest BCUT2D eigenvalue weighted by atomic mass is 16.5. The lowest BCUT2D eigenvalue weighted by molar-refractivity contribution is 0.0562. The first-order valence-electron chi connectivity index (χ1n) is 6.67. The monoisotopic (exact) mass is 274 g/mol. The summed E-state index contributed by atoms with van der Waals surface area (Å²) in [7, 11) is 0. The number of carbonyl (C=O) groups is 1. The Morgan fingerprint density at radius 3 is 3.30 bits per heavy atom. The number of pyridine rings is 1. The van der Waals surface area contributed by atoms with Gasteiger partial charge in [-0.2, -0.15) is 0 Å². The third-order valence-corrected chi connectivity index (χ3v) is 3.09. The van der Waals surface area contributed by atoms with E-state index in [1.807, 2.05) is 6.92 Å². The van der Waals surface area contributed by atoms with Crippen LogP contribution in [-0.4, -0.2) is 53.3 Å². The summed E-state index contributed by atoms with van der Waals surface area (Å²) in [5, 5.41) is 8.77.